The van der Waals surface area contributed by atoms with Crippen molar-refractivity contribution in [2.24, 2.45) is 0 Å². The topological polar surface area (TPSA) is 47.6 Å². The largest absolute Gasteiger partial charge is 0.493 e. The number of terminal acetylenes is 1. The van der Waals surface area contributed by atoms with Crippen LogP contribution >= 0.6 is 0 Å². The zero-order chi connectivity index (χ0) is 14.1. The molecule has 1 rings (SSSR count). The molecular formula is C15H17NO3. The molecule has 0 aliphatic heterocycles. The van der Waals surface area contributed by atoms with Crippen molar-refractivity contribution >= 4 is 12.0 Å². The van der Waals surface area contributed by atoms with E-state index in [0.29, 0.717) is 24.5 Å². The predicted molar refractivity (Wildman–Crippen MR) is 75.0 cm³/mol. The normalized spacial score (nSPS) is 9.95. The highest BCUT2D eigenvalue weighted by Gasteiger charge is 2.02. The third kappa shape index (κ3) is 4.76. The fourth-order valence-electron chi connectivity index (χ4n) is 1.45. The van der Waals surface area contributed by atoms with Crippen LogP contribution in [0.1, 0.15) is 12.0 Å². The van der Waals surface area contributed by atoms with Crippen LogP contribution in [0.25, 0.3) is 6.08 Å². The van der Waals surface area contributed by atoms with E-state index in [1.165, 1.54) is 6.08 Å². The number of hydrogen-bond acceptors (Lipinski definition) is 3. The van der Waals surface area contributed by atoms with Crippen LogP contribution in [0.3, 0.4) is 0 Å². The third-order valence-electron chi connectivity index (χ3n) is 2.40. The van der Waals surface area contributed by atoms with Crippen molar-refractivity contribution in [1.29, 1.82) is 0 Å². The van der Waals surface area contributed by atoms with Gasteiger partial charge >= 0.3 is 0 Å². The Bertz CT molecular complexity index is 501. The van der Waals surface area contributed by atoms with Crippen LogP contribution in [-0.4, -0.2) is 26.7 Å². The summed E-state index contributed by atoms with van der Waals surface area (Å²) in [6.07, 6.45) is 8.78. The first-order valence-corrected chi connectivity index (χ1v) is 5.82. The lowest BCUT2D eigenvalue weighted by molar-refractivity contribution is -0.116. The molecular weight excluding hydrogens is 242 g/mol. The van der Waals surface area contributed by atoms with Crippen molar-refractivity contribution in [2.45, 2.75) is 6.42 Å². The predicted octanol–water partition coefficient (Wildman–Crippen LogP) is 1.86. The average molecular weight is 259 g/mol. The third-order valence-corrected chi connectivity index (χ3v) is 2.40. The second kappa shape index (κ2) is 7.83. The van der Waals surface area contributed by atoms with Gasteiger partial charge in [0.1, 0.15) is 0 Å². The zero-order valence-electron chi connectivity index (χ0n) is 11.1. The van der Waals surface area contributed by atoms with E-state index >= 15 is 0 Å². The van der Waals surface area contributed by atoms with Crippen LogP contribution in [0.5, 0.6) is 11.5 Å². The first-order valence-electron chi connectivity index (χ1n) is 5.82. The van der Waals surface area contributed by atoms with Gasteiger partial charge in [-0.1, -0.05) is 6.07 Å². The van der Waals surface area contributed by atoms with E-state index in [1.54, 1.807) is 32.4 Å². The van der Waals surface area contributed by atoms with Gasteiger partial charge in [-0.15, -0.1) is 12.3 Å². The molecule has 4 nitrogen and oxygen atoms in total. The van der Waals surface area contributed by atoms with Crippen LogP contribution in [0, 0.1) is 12.3 Å². The van der Waals surface area contributed by atoms with Crippen LogP contribution in [-0.2, 0) is 4.79 Å². The lowest BCUT2D eigenvalue weighted by Crippen LogP contribution is -2.21. The number of benzene rings is 1. The first-order chi connectivity index (χ1) is 9.21. The number of methoxy groups -OCH3 is 2. The SMILES string of the molecule is C#CCCNC(=O)/C=C/c1ccc(OC)c(OC)c1. The summed E-state index contributed by atoms with van der Waals surface area (Å²) >= 11 is 0. The molecule has 0 radical (unpaired) electrons. The van der Waals surface area contributed by atoms with Crippen molar-refractivity contribution in [3.05, 3.63) is 29.8 Å². The van der Waals surface area contributed by atoms with Gasteiger partial charge in [0.2, 0.25) is 5.91 Å². The molecule has 1 aromatic rings. The number of amides is 1. The van der Waals surface area contributed by atoms with E-state index in [2.05, 4.69) is 11.2 Å². The lowest BCUT2D eigenvalue weighted by Gasteiger charge is -2.07. The van der Waals surface area contributed by atoms with Gasteiger partial charge in [-0.25, -0.2) is 0 Å². The van der Waals surface area contributed by atoms with Crippen LogP contribution in [0.2, 0.25) is 0 Å². The minimum atomic E-state index is -0.176. The molecule has 1 N–H and O–H groups in total. The average Bonchev–Trinajstić information content (AvgIpc) is 2.45. The molecule has 0 bridgehead atoms. The van der Waals surface area contributed by atoms with Gasteiger partial charge in [-0.2, -0.15) is 0 Å². The highest BCUT2D eigenvalue weighted by Crippen LogP contribution is 2.27. The molecule has 0 heterocycles. The van der Waals surface area contributed by atoms with Crippen molar-refractivity contribution in [3.63, 3.8) is 0 Å². The highest BCUT2D eigenvalue weighted by molar-refractivity contribution is 5.91. The van der Waals surface area contributed by atoms with Crippen molar-refractivity contribution in [1.82, 2.24) is 5.32 Å². The van der Waals surface area contributed by atoms with Gasteiger partial charge in [0.05, 0.1) is 14.2 Å². The second-order valence-electron chi connectivity index (χ2n) is 3.69. The molecule has 1 aromatic carbocycles. The molecule has 0 saturated heterocycles. The van der Waals surface area contributed by atoms with Crippen molar-refractivity contribution in [3.8, 4) is 23.8 Å². The van der Waals surface area contributed by atoms with Crippen LogP contribution in [0.15, 0.2) is 24.3 Å². The molecule has 0 fully saturated rings. The fourth-order valence-corrected chi connectivity index (χ4v) is 1.45. The smallest absolute Gasteiger partial charge is 0.244 e. The van der Waals surface area contributed by atoms with E-state index in [1.807, 2.05) is 6.07 Å². The Kier molecular flexibility index (Phi) is 6.04. The highest BCUT2D eigenvalue weighted by atomic mass is 16.5. The summed E-state index contributed by atoms with van der Waals surface area (Å²) in [5, 5.41) is 2.68. The molecule has 0 atom stereocenters. The van der Waals surface area contributed by atoms with Crippen molar-refractivity contribution < 1.29 is 14.3 Å². The number of carbonyl (C=O) groups is 1. The standard InChI is InChI=1S/C15H17NO3/c1-4-5-10-16-15(17)9-7-12-6-8-13(18-2)14(11-12)19-3/h1,6-9,11H,5,10H2,2-3H3,(H,16,17)/b9-7+. The van der Waals surface area contributed by atoms with Gasteiger partial charge in [-0.3, -0.25) is 4.79 Å². The Hall–Kier alpha value is -2.41. The van der Waals surface area contributed by atoms with E-state index < -0.39 is 0 Å². The molecule has 100 valence electrons. The van der Waals surface area contributed by atoms with E-state index in [9.17, 15) is 4.79 Å². The molecule has 0 saturated carbocycles. The number of ether oxygens (including phenoxy) is 2. The van der Waals surface area contributed by atoms with Crippen molar-refractivity contribution in [2.75, 3.05) is 20.8 Å². The van der Waals surface area contributed by atoms with Crippen LogP contribution < -0.4 is 14.8 Å². The summed E-state index contributed by atoms with van der Waals surface area (Å²) in [7, 11) is 3.14. The molecule has 4 heteroatoms. The van der Waals surface area contributed by atoms with E-state index in [0.717, 1.165) is 5.56 Å². The summed E-state index contributed by atoms with van der Waals surface area (Å²) in [6.45, 7) is 0.478. The maximum Gasteiger partial charge on any atom is 0.244 e. The quantitative estimate of drug-likeness (QED) is 0.482. The molecule has 0 aromatic heterocycles. The Balaban J connectivity index is 2.66. The summed E-state index contributed by atoms with van der Waals surface area (Å²) < 4.78 is 10.3. The maximum atomic E-state index is 11.4. The minimum absolute atomic E-state index is 0.176. The maximum absolute atomic E-state index is 11.4. The Morgan fingerprint density at radius 3 is 2.74 bits per heavy atom. The molecule has 0 aliphatic rings. The number of nitrogens with one attached hydrogen (secondary N) is 1. The fraction of sp³-hybridized carbons (Fsp3) is 0.267. The summed E-state index contributed by atoms with van der Waals surface area (Å²) in [4.78, 5) is 11.4. The molecule has 0 spiro atoms. The number of hydrogen-bond donors (Lipinski definition) is 1. The van der Waals surface area contributed by atoms with Crippen LogP contribution in [0.4, 0.5) is 0 Å². The van der Waals surface area contributed by atoms with Gasteiger partial charge in [0.25, 0.3) is 0 Å². The first kappa shape index (κ1) is 14.7. The van der Waals surface area contributed by atoms with Gasteiger partial charge in [0, 0.05) is 19.0 Å². The Labute approximate surface area is 113 Å². The number of carbonyl (C=O) groups excluding carboxylic acids is 1. The minimum Gasteiger partial charge on any atom is -0.493 e. The number of rotatable bonds is 6. The second-order valence-corrected chi connectivity index (χ2v) is 3.69. The molecule has 1 amide bonds. The monoisotopic (exact) mass is 259 g/mol. The summed E-state index contributed by atoms with van der Waals surface area (Å²) in [5.74, 6) is 3.55. The summed E-state index contributed by atoms with van der Waals surface area (Å²) in [6, 6.07) is 5.42. The Morgan fingerprint density at radius 1 is 1.37 bits per heavy atom. The van der Waals surface area contributed by atoms with E-state index in [4.69, 9.17) is 15.9 Å². The zero-order valence-corrected chi connectivity index (χ0v) is 11.1. The lowest BCUT2D eigenvalue weighted by atomic mass is 10.2. The molecule has 0 unspecified atom stereocenters. The molecule has 0 aliphatic carbocycles. The van der Waals surface area contributed by atoms with Gasteiger partial charge in [-0.05, 0) is 23.8 Å². The van der Waals surface area contributed by atoms with Gasteiger partial charge in [0.15, 0.2) is 11.5 Å². The summed E-state index contributed by atoms with van der Waals surface area (Å²) in [5.41, 5.74) is 0.852. The van der Waals surface area contributed by atoms with Gasteiger partial charge < -0.3 is 14.8 Å². The Morgan fingerprint density at radius 2 is 2.11 bits per heavy atom. The molecule has 19 heavy (non-hydrogen) atoms. The van der Waals surface area contributed by atoms with E-state index in [-0.39, 0.29) is 5.91 Å².